The lowest BCUT2D eigenvalue weighted by molar-refractivity contribution is 0.404. The third-order valence-corrected chi connectivity index (χ3v) is 5.79. The first-order valence-electron chi connectivity index (χ1n) is 7.28. The molecule has 110 valence electrons. The maximum atomic E-state index is 5.60. The van der Waals surface area contributed by atoms with E-state index in [9.17, 15) is 0 Å². The summed E-state index contributed by atoms with van der Waals surface area (Å²) in [6.07, 6.45) is 0. The fourth-order valence-electron chi connectivity index (χ4n) is 2.41. The zero-order chi connectivity index (χ0) is 15.4. The fourth-order valence-corrected chi connectivity index (χ4v) is 4.59. The molecule has 1 nitrogen and oxygen atoms in total. The third-order valence-electron chi connectivity index (χ3n) is 3.52. The number of aryl methyl sites for hydroxylation is 1. The number of hydrogen-bond acceptors (Lipinski definition) is 1. The molecule has 1 atom stereocenters. The lowest BCUT2D eigenvalue weighted by Crippen LogP contribution is -2.06. The van der Waals surface area contributed by atoms with Gasteiger partial charge in [0.05, 0.1) is 7.11 Å². The minimum atomic E-state index is -0.159. The molecular weight excluding hydrogens is 288 g/mol. The van der Waals surface area contributed by atoms with Crippen molar-refractivity contribution in [3.05, 3.63) is 84.4 Å². The van der Waals surface area contributed by atoms with Crippen LogP contribution < -0.4 is 4.74 Å². The molecule has 0 saturated heterocycles. The van der Waals surface area contributed by atoms with Gasteiger partial charge in [0.1, 0.15) is 10.9 Å². The van der Waals surface area contributed by atoms with E-state index in [-0.39, 0.29) is 10.9 Å². The average Bonchev–Trinajstić information content (AvgIpc) is 2.58. The molecule has 3 rings (SSSR count). The molecule has 0 aromatic heterocycles. The van der Waals surface area contributed by atoms with Gasteiger partial charge < -0.3 is 4.74 Å². The van der Waals surface area contributed by atoms with Gasteiger partial charge in [-0.15, -0.1) is 0 Å². The molecule has 0 heterocycles. The molecule has 0 bridgehead atoms. The third kappa shape index (κ3) is 3.02. The maximum absolute atomic E-state index is 5.60. The Morgan fingerprint density at radius 3 is 1.95 bits per heavy atom. The van der Waals surface area contributed by atoms with E-state index in [4.69, 9.17) is 4.74 Å². The summed E-state index contributed by atoms with van der Waals surface area (Å²) in [5.74, 6) is 0.940. The Bertz CT molecular complexity index is 735. The smallest absolute Gasteiger partial charge is 0.208 e. The number of hydrogen-bond donors (Lipinski definition) is 0. The van der Waals surface area contributed by atoms with Crippen molar-refractivity contribution in [1.29, 1.82) is 0 Å². The zero-order valence-corrected chi connectivity index (χ0v) is 13.6. The monoisotopic (exact) mass is 307 g/mol. The van der Waals surface area contributed by atoms with E-state index in [1.807, 2.05) is 12.1 Å². The van der Waals surface area contributed by atoms with Gasteiger partial charge in [0.15, 0.2) is 15.5 Å². The van der Waals surface area contributed by atoms with Crippen molar-refractivity contribution in [3.63, 3.8) is 0 Å². The molecule has 0 radical (unpaired) electrons. The van der Waals surface area contributed by atoms with Gasteiger partial charge in [-0.1, -0.05) is 48.0 Å². The summed E-state index contributed by atoms with van der Waals surface area (Å²) in [6, 6.07) is 27.7. The Morgan fingerprint density at radius 2 is 1.27 bits per heavy atom. The predicted molar refractivity (Wildman–Crippen MR) is 92.8 cm³/mol. The van der Waals surface area contributed by atoms with Crippen molar-refractivity contribution in [2.24, 2.45) is 0 Å². The molecule has 0 N–H and O–H groups in total. The average molecular weight is 307 g/mol. The summed E-state index contributed by atoms with van der Waals surface area (Å²) in [4.78, 5) is 3.83. The van der Waals surface area contributed by atoms with Crippen LogP contribution >= 0.6 is 0 Å². The largest absolute Gasteiger partial charge is 0.491 e. The van der Waals surface area contributed by atoms with E-state index < -0.39 is 0 Å². The zero-order valence-electron chi connectivity index (χ0n) is 12.8. The first-order valence-corrected chi connectivity index (χ1v) is 8.51. The van der Waals surface area contributed by atoms with E-state index >= 15 is 0 Å². The normalized spacial score (nSPS) is 11.9. The van der Waals surface area contributed by atoms with Crippen molar-refractivity contribution in [3.8, 4) is 5.75 Å². The summed E-state index contributed by atoms with van der Waals surface area (Å²) in [5, 5.41) is 0. The molecule has 0 spiro atoms. The predicted octanol–water partition coefficient (Wildman–Crippen LogP) is 5.10. The second kappa shape index (κ2) is 6.71. The number of methoxy groups -OCH3 is 1. The summed E-state index contributed by atoms with van der Waals surface area (Å²) in [6.45, 7) is 2.12. The van der Waals surface area contributed by atoms with Crippen LogP contribution in [-0.4, -0.2) is 7.11 Å². The molecule has 1 unspecified atom stereocenters. The minimum absolute atomic E-state index is 0.159. The lowest BCUT2D eigenvalue weighted by Gasteiger charge is -2.11. The molecule has 3 aromatic carbocycles. The van der Waals surface area contributed by atoms with Crippen LogP contribution in [0.25, 0.3) is 0 Å². The minimum Gasteiger partial charge on any atom is -0.491 e. The Labute approximate surface area is 134 Å². The summed E-state index contributed by atoms with van der Waals surface area (Å²) >= 11 is 0. The van der Waals surface area contributed by atoms with E-state index in [1.165, 1.54) is 20.2 Å². The van der Waals surface area contributed by atoms with Crippen LogP contribution in [0.2, 0.25) is 0 Å². The second-order valence-electron chi connectivity index (χ2n) is 5.08. The first-order chi connectivity index (χ1) is 10.8. The van der Waals surface area contributed by atoms with Gasteiger partial charge in [-0.3, -0.25) is 0 Å². The topological polar surface area (TPSA) is 9.23 Å². The van der Waals surface area contributed by atoms with Gasteiger partial charge in [0.2, 0.25) is 4.90 Å². The molecule has 2 heteroatoms. The summed E-state index contributed by atoms with van der Waals surface area (Å²) in [5.41, 5.74) is 1.28. The number of rotatable bonds is 4. The van der Waals surface area contributed by atoms with Crippen molar-refractivity contribution >= 4 is 10.9 Å². The van der Waals surface area contributed by atoms with E-state index in [0.29, 0.717) is 0 Å². The SMILES string of the molecule is COc1ccccc1[S+](c1ccccc1)c1ccc(C)cc1. The van der Waals surface area contributed by atoms with Crippen molar-refractivity contribution in [2.45, 2.75) is 21.6 Å². The molecule has 3 aromatic rings. The van der Waals surface area contributed by atoms with Gasteiger partial charge >= 0.3 is 0 Å². The molecule has 0 aliphatic heterocycles. The molecule has 0 saturated carbocycles. The van der Waals surface area contributed by atoms with Crippen LogP contribution in [0.5, 0.6) is 5.75 Å². The van der Waals surface area contributed by atoms with Crippen molar-refractivity contribution < 1.29 is 4.74 Å². The molecule has 22 heavy (non-hydrogen) atoms. The maximum Gasteiger partial charge on any atom is 0.208 e. The van der Waals surface area contributed by atoms with Crippen molar-refractivity contribution in [1.82, 2.24) is 0 Å². The molecule has 0 amide bonds. The standard InChI is InChI=1S/C20H19OS/c1-16-12-14-18(15-13-16)22(17-8-4-3-5-9-17)20-11-7-6-10-19(20)21-2/h3-15H,1-2H3/q+1. The van der Waals surface area contributed by atoms with Crippen molar-refractivity contribution in [2.75, 3.05) is 7.11 Å². The quantitative estimate of drug-likeness (QED) is 0.609. The highest BCUT2D eigenvalue weighted by molar-refractivity contribution is 7.97. The van der Waals surface area contributed by atoms with Gasteiger partial charge in [0.25, 0.3) is 0 Å². The molecule has 0 aliphatic carbocycles. The molecular formula is C20H19OS+. The van der Waals surface area contributed by atoms with E-state index in [2.05, 4.69) is 73.7 Å². The van der Waals surface area contributed by atoms with Crippen LogP contribution in [0, 0.1) is 6.92 Å². The van der Waals surface area contributed by atoms with Gasteiger partial charge in [-0.25, -0.2) is 0 Å². The summed E-state index contributed by atoms with van der Waals surface area (Å²) in [7, 11) is 1.58. The van der Waals surface area contributed by atoms with Gasteiger partial charge in [-0.05, 0) is 43.3 Å². The van der Waals surface area contributed by atoms with Crippen LogP contribution in [0.4, 0.5) is 0 Å². The van der Waals surface area contributed by atoms with E-state index in [0.717, 1.165) is 5.75 Å². The second-order valence-corrected chi connectivity index (χ2v) is 7.08. The Kier molecular flexibility index (Phi) is 4.50. The van der Waals surface area contributed by atoms with Crippen LogP contribution in [0.15, 0.2) is 93.5 Å². The van der Waals surface area contributed by atoms with E-state index in [1.54, 1.807) is 7.11 Å². The van der Waals surface area contributed by atoms with Crippen LogP contribution in [0.1, 0.15) is 5.56 Å². The lowest BCUT2D eigenvalue weighted by atomic mass is 10.2. The Hall–Kier alpha value is -2.19. The number of para-hydroxylation sites is 1. The van der Waals surface area contributed by atoms with Gasteiger partial charge in [0, 0.05) is 0 Å². The fraction of sp³-hybridized carbons (Fsp3) is 0.100. The highest BCUT2D eigenvalue weighted by Crippen LogP contribution is 2.36. The first kappa shape index (κ1) is 14.7. The Morgan fingerprint density at radius 1 is 0.682 bits per heavy atom. The van der Waals surface area contributed by atoms with Gasteiger partial charge in [-0.2, -0.15) is 0 Å². The number of ether oxygens (including phenoxy) is 1. The Balaban J connectivity index is 2.17. The molecule has 0 fully saturated rings. The summed E-state index contributed by atoms with van der Waals surface area (Å²) < 4.78 is 5.60. The highest BCUT2D eigenvalue weighted by Gasteiger charge is 2.31. The highest BCUT2D eigenvalue weighted by atomic mass is 32.2. The molecule has 0 aliphatic rings. The van der Waals surface area contributed by atoms with Crippen LogP contribution in [0.3, 0.4) is 0 Å². The van der Waals surface area contributed by atoms with Crippen LogP contribution in [-0.2, 0) is 10.9 Å². The number of benzene rings is 3.